The quantitative estimate of drug-likeness (QED) is 0.868. The molecular weight excluding hydrogens is 292 g/mol. The predicted octanol–water partition coefficient (Wildman–Crippen LogP) is 3.93. The molecule has 5 heteroatoms. The second-order valence-corrected chi connectivity index (χ2v) is 6.41. The molecule has 1 aliphatic rings. The van der Waals surface area contributed by atoms with E-state index in [4.69, 9.17) is 8.94 Å². The number of hydrogen-bond acceptors (Lipinski definition) is 4. The normalized spacial score (nSPS) is 16.3. The molecule has 0 spiro atoms. The molecule has 1 saturated carbocycles. The number of furan rings is 1. The molecule has 0 radical (unpaired) electrons. The van der Waals surface area contributed by atoms with Gasteiger partial charge in [-0.15, -0.1) is 0 Å². The minimum Gasteiger partial charge on any atom is -0.456 e. The van der Waals surface area contributed by atoms with E-state index in [1.54, 1.807) is 6.07 Å². The molecule has 1 fully saturated rings. The molecule has 0 aromatic carbocycles. The molecule has 0 unspecified atom stereocenters. The fourth-order valence-corrected chi connectivity index (χ4v) is 3.20. The second kappa shape index (κ2) is 7.02. The summed E-state index contributed by atoms with van der Waals surface area (Å²) in [5.74, 6) is 1.83. The SMILES string of the molecule is Cc1noc(C)c1Cc1ccc(C(=O)NC2CCCCCC2)o1. The van der Waals surface area contributed by atoms with E-state index in [1.807, 2.05) is 19.9 Å². The monoisotopic (exact) mass is 316 g/mol. The number of aromatic nitrogens is 1. The number of nitrogens with one attached hydrogen (secondary N) is 1. The molecule has 1 N–H and O–H groups in total. The lowest BCUT2D eigenvalue weighted by atomic mass is 10.1. The zero-order chi connectivity index (χ0) is 16.2. The topological polar surface area (TPSA) is 68.3 Å². The van der Waals surface area contributed by atoms with Gasteiger partial charge in [-0.25, -0.2) is 0 Å². The number of rotatable bonds is 4. The summed E-state index contributed by atoms with van der Waals surface area (Å²) in [4.78, 5) is 12.3. The number of hydrogen-bond donors (Lipinski definition) is 1. The van der Waals surface area contributed by atoms with Gasteiger partial charge in [-0.1, -0.05) is 30.8 Å². The highest BCUT2D eigenvalue weighted by atomic mass is 16.5. The largest absolute Gasteiger partial charge is 0.456 e. The van der Waals surface area contributed by atoms with Gasteiger partial charge in [-0.05, 0) is 38.8 Å². The number of carbonyl (C=O) groups excluding carboxylic acids is 1. The van der Waals surface area contributed by atoms with E-state index < -0.39 is 0 Å². The first-order valence-corrected chi connectivity index (χ1v) is 8.45. The van der Waals surface area contributed by atoms with Gasteiger partial charge in [-0.2, -0.15) is 0 Å². The fraction of sp³-hybridized carbons (Fsp3) is 0.556. The smallest absolute Gasteiger partial charge is 0.287 e. The summed E-state index contributed by atoms with van der Waals surface area (Å²) in [5, 5.41) is 7.05. The molecule has 2 aromatic heterocycles. The van der Waals surface area contributed by atoms with Gasteiger partial charge in [0.25, 0.3) is 5.91 Å². The molecule has 2 aromatic rings. The first-order valence-electron chi connectivity index (χ1n) is 8.45. The van der Waals surface area contributed by atoms with Crippen molar-refractivity contribution in [3.05, 3.63) is 40.7 Å². The molecule has 0 atom stereocenters. The van der Waals surface area contributed by atoms with Gasteiger partial charge in [0.2, 0.25) is 0 Å². The highest BCUT2D eigenvalue weighted by Gasteiger charge is 2.19. The van der Waals surface area contributed by atoms with Gasteiger partial charge in [0, 0.05) is 18.0 Å². The van der Waals surface area contributed by atoms with Crippen LogP contribution < -0.4 is 5.32 Å². The van der Waals surface area contributed by atoms with Crippen LogP contribution in [0.2, 0.25) is 0 Å². The Kier molecular flexibility index (Phi) is 4.84. The Labute approximate surface area is 136 Å². The minimum absolute atomic E-state index is 0.109. The molecule has 1 aliphatic carbocycles. The van der Waals surface area contributed by atoms with Crippen LogP contribution in [0.5, 0.6) is 0 Å². The summed E-state index contributed by atoms with van der Waals surface area (Å²) in [5.41, 5.74) is 1.89. The summed E-state index contributed by atoms with van der Waals surface area (Å²) in [7, 11) is 0. The third-order valence-corrected chi connectivity index (χ3v) is 4.61. The summed E-state index contributed by atoms with van der Waals surface area (Å²) in [6, 6.07) is 3.88. The number of carbonyl (C=O) groups is 1. The third-order valence-electron chi connectivity index (χ3n) is 4.61. The van der Waals surface area contributed by atoms with Crippen molar-refractivity contribution in [2.24, 2.45) is 0 Å². The van der Waals surface area contributed by atoms with E-state index in [9.17, 15) is 4.79 Å². The van der Waals surface area contributed by atoms with Crippen molar-refractivity contribution in [1.29, 1.82) is 0 Å². The van der Waals surface area contributed by atoms with E-state index in [0.29, 0.717) is 12.2 Å². The first-order chi connectivity index (χ1) is 11.1. The molecule has 3 rings (SSSR count). The lowest BCUT2D eigenvalue weighted by Crippen LogP contribution is -2.34. The molecule has 0 bridgehead atoms. The van der Waals surface area contributed by atoms with Crippen LogP contribution in [-0.2, 0) is 6.42 Å². The fourth-order valence-electron chi connectivity index (χ4n) is 3.20. The minimum atomic E-state index is -0.109. The van der Waals surface area contributed by atoms with E-state index in [2.05, 4.69) is 10.5 Å². The van der Waals surface area contributed by atoms with Gasteiger partial charge in [0.1, 0.15) is 11.5 Å². The van der Waals surface area contributed by atoms with Crippen molar-refractivity contribution in [2.45, 2.75) is 64.8 Å². The van der Waals surface area contributed by atoms with Crippen molar-refractivity contribution in [1.82, 2.24) is 10.5 Å². The zero-order valence-corrected chi connectivity index (χ0v) is 13.9. The van der Waals surface area contributed by atoms with Gasteiger partial charge in [-0.3, -0.25) is 4.79 Å². The Morgan fingerprint density at radius 2 is 1.96 bits per heavy atom. The molecule has 5 nitrogen and oxygen atoms in total. The summed E-state index contributed by atoms with van der Waals surface area (Å²) >= 11 is 0. The second-order valence-electron chi connectivity index (χ2n) is 6.41. The number of amides is 1. The molecule has 0 saturated heterocycles. The van der Waals surface area contributed by atoms with Crippen LogP contribution in [0.25, 0.3) is 0 Å². The Morgan fingerprint density at radius 1 is 1.22 bits per heavy atom. The van der Waals surface area contributed by atoms with Crippen LogP contribution in [0.1, 0.15) is 71.9 Å². The molecule has 2 heterocycles. The average molecular weight is 316 g/mol. The summed E-state index contributed by atoms with van der Waals surface area (Å²) in [6.07, 6.45) is 7.67. The Hall–Kier alpha value is -2.04. The maximum absolute atomic E-state index is 12.3. The Balaban J connectivity index is 1.63. The molecule has 1 amide bonds. The van der Waals surface area contributed by atoms with Gasteiger partial charge in [0.15, 0.2) is 5.76 Å². The predicted molar refractivity (Wildman–Crippen MR) is 86.4 cm³/mol. The van der Waals surface area contributed by atoms with Crippen LogP contribution in [0.4, 0.5) is 0 Å². The van der Waals surface area contributed by atoms with Crippen LogP contribution in [0.3, 0.4) is 0 Å². The van der Waals surface area contributed by atoms with E-state index in [0.717, 1.165) is 35.6 Å². The first kappa shape index (κ1) is 15.8. The molecule has 0 aliphatic heterocycles. The lowest BCUT2D eigenvalue weighted by Gasteiger charge is -2.14. The average Bonchev–Trinajstić information content (AvgIpc) is 3.02. The highest BCUT2D eigenvalue weighted by Crippen LogP contribution is 2.20. The number of nitrogens with zero attached hydrogens (tertiary/aromatic N) is 1. The van der Waals surface area contributed by atoms with E-state index in [1.165, 1.54) is 25.7 Å². The summed E-state index contributed by atoms with van der Waals surface area (Å²) in [6.45, 7) is 3.80. The standard InChI is InChI=1S/C18H24N2O3/c1-12-16(13(2)23-20-12)11-15-9-10-17(22-15)18(21)19-14-7-5-3-4-6-8-14/h9-10,14H,3-8,11H2,1-2H3,(H,19,21). The maximum Gasteiger partial charge on any atom is 0.287 e. The van der Waals surface area contributed by atoms with Crippen LogP contribution in [0, 0.1) is 13.8 Å². The van der Waals surface area contributed by atoms with Crippen molar-refractivity contribution >= 4 is 5.91 Å². The van der Waals surface area contributed by atoms with Crippen molar-refractivity contribution < 1.29 is 13.7 Å². The summed E-state index contributed by atoms with van der Waals surface area (Å²) < 4.78 is 10.9. The Bertz CT molecular complexity index is 644. The number of aryl methyl sites for hydroxylation is 2. The van der Waals surface area contributed by atoms with Gasteiger partial charge in [0.05, 0.1) is 5.69 Å². The molecule has 124 valence electrons. The van der Waals surface area contributed by atoms with Gasteiger partial charge < -0.3 is 14.3 Å². The van der Waals surface area contributed by atoms with Crippen LogP contribution >= 0.6 is 0 Å². The van der Waals surface area contributed by atoms with E-state index in [-0.39, 0.29) is 11.9 Å². The molecular formula is C18H24N2O3. The lowest BCUT2D eigenvalue weighted by molar-refractivity contribution is 0.0903. The van der Waals surface area contributed by atoms with Crippen molar-refractivity contribution in [3.8, 4) is 0 Å². The van der Waals surface area contributed by atoms with Crippen molar-refractivity contribution in [2.75, 3.05) is 0 Å². The van der Waals surface area contributed by atoms with Gasteiger partial charge >= 0.3 is 0 Å². The molecule has 23 heavy (non-hydrogen) atoms. The zero-order valence-electron chi connectivity index (χ0n) is 13.9. The van der Waals surface area contributed by atoms with E-state index >= 15 is 0 Å². The third kappa shape index (κ3) is 3.84. The Morgan fingerprint density at radius 3 is 2.61 bits per heavy atom. The van der Waals surface area contributed by atoms with Crippen LogP contribution in [0.15, 0.2) is 21.1 Å². The maximum atomic E-state index is 12.3. The highest BCUT2D eigenvalue weighted by molar-refractivity contribution is 5.91. The van der Waals surface area contributed by atoms with Crippen LogP contribution in [-0.4, -0.2) is 17.1 Å². The van der Waals surface area contributed by atoms with Crippen molar-refractivity contribution in [3.63, 3.8) is 0 Å².